The van der Waals surface area contributed by atoms with Crippen LogP contribution in [-0.2, 0) is 6.54 Å². The molecule has 4 rings (SSSR count). The molecule has 2 amide bonds. The van der Waals surface area contributed by atoms with Crippen molar-refractivity contribution in [3.63, 3.8) is 0 Å². The van der Waals surface area contributed by atoms with Crippen LogP contribution in [0.15, 0.2) is 66.7 Å². The van der Waals surface area contributed by atoms with E-state index in [0.717, 1.165) is 28.2 Å². The molecule has 0 saturated carbocycles. The lowest BCUT2D eigenvalue weighted by Gasteiger charge is -2.18. The fraction of sp³-hybridized carbons (Fsp3) is 0.185. The van der Waals surface area contributed by atoms with Crippen LogP contribution < -0.4 is 0 Å². The Hall–Kier alpha value is -3.74. The van der Waals surface area contributed by atoms with Crippen molar-refractivity contribution in [3.05, 3.63) is 112 Å². The van der Waals surface area contributed by atoms with Gasteiger partial charge >= 0.3 is 6.18 Å². The highest BCUT2D eigenvalue weighted by atomic mass is 19.4. The minimum Gasteiger partial charge on any atom is -0.270 e. The molecule has 34 heavy (non-hydrogen) atoms. The Morgan fingerprint density at radius 1 is 0.882 bits per heavy atom. The summed E-state index contributed by atoms with van der Waals surface area (Å²) in [6, 6.07) is 14.9. The predicted molar refractivity (Wildman–Crippen MR) is 121 cm³/mol. The third-order valence-electron chi connectivity index (χ3n) is 6.01. The van der Waals surface area contributed by atoms with Gasteiger partial charge in [0.15, 0.2) is 0 Å². The molecule has 0 spiro atoms. The third kappa shape index (κ3) is 4.51. The van der Waals surface area contributed by atoms with Crippen molar-refractivity contribution in [2.75, 3.05) is 0 Å². The van der Waals surface area contributed by atoms with E-state index in [2.05, 4.69) is 0 Å². The monoisotopic (exact) mass is 467 g/mol. The fourth-order valence-electron chi connectivity index (χ4n) is 3.92. The quantitative estimate of drug-likeness (QED) is 0.313. The summed E-state index contributed by atoms with van der Waals surface area (Å²) in [5, 5.41) is 0. The van der Waals surface area contributed by atoms with Crippen molar-refractivity contribution in [3.8, 4) is 0 Å². The average Bonchev–Trinajstić information content (AvgIpc) is 3.02. The summed E-state index contributed by atoms with van der Waals surface area (Å²) < 4.78 is 55.9. The summed E-state index contributed by atoms with van der Waals surface area (Å²) in [5.41, 5.74) is 2.60. The molecule has 0 fully saturated rings. The lowest BCUT2D eigenvalue weighted by Crippen LogP contribution is -2.29. The number of amides is 2. The van der Waals surface area contributed by atoms with Gasteiger partial charge in [-0.25, -0.2) is 4.39 Å². The number of benzene rings is 3. The highest BCUT2D eigenvalue weighted by molar-refractivity contribution is 6.21. The van der Waals surface area contributed by atoms with Gasteiger partial charge in [0.1, 0.15) is 5.82 Å². The molecule has 1 aliphatic heterocycles. The van der Waals surface area contributed by atoms with E-state index in [1.54, 1.807) is 25.1 Å². The van der Waals surface area contributed by atoms with Crippen molar-refractivity contribution in [1.29, 1.82) is 0 Å². The summed E-state index contributed by atoms with van der Waals surface area (Å²) in [6.45, 7) is 3.30. The van der Waals surface area contributed by atoms with Crippen LogP contribution in [-0.4, -0.2) is 22.9 Å². The number of nitrogens with zero attached hydrogens (tertiary/aromatic N) is 1. The van der Waals surface area contributed by atoms with Crippen LogP contribution in [0.25, 0.3) is 6.08 Å². The van der Waals surface area contributed by atoms with Crippen molar-refractivity contribution in [1.82, 2.24) is 4.90 Å². The number of aryl methyl sites for hydroxylation is 2. The highest BCUT2D eigenvalue weighted by Crippen LogP contribution is 2.37. The number of hydrogen-bond donors (Lipinski definition) is 0. The van der Waals surface area contributed by atoms with Crippen LogP contribution in [0.4, 0.5) is 17.6 Å². The lowest BCUT2D eigenvalue weighted by molar-refractivity contribution is -0.139. The summed E-state index contributed by atoms with van der Waals surface area (Å²) in [6.07, 6.45) is -2.28. The van der Waals surface area contributed by atoms with Crippen LogP contribution in [0, 0.1) is 19.7 Å². The van der Waals surface area contributed by atoms with Crippen LogP contribution in [0.5, 0.6) is 0 Å². The molecule has 1 unspecified atom stereocenters. The van der Waals surface area contributed by atoms with E-state index in [-0.39, 0.29) is 34.4 Å². The predicted octanol–water partition coefficient (Wildman–Crippen LogP) is 6.60. The number of allylic oxidation sites excluding steroid dienone is 1. The smallest absolute Gasteiger partial charge is 0.270 e. The first-order chi connectivity index (χ1) is 16.1. The first-order valence-electron chi connectivity index (χ1n) is 10.6. The lowest BCUT2D eigenvalue weighted by atomic mass is 9.94. The largest absolute Gasteiger partial charge is 0.399 e. The molecule has 0 saturated heterocycles. The summed E-state index contributed by atoms with van der Waals surface area (Å²) in [7, 11) is 0. The molecule has 7 heteroatoms. The Kier molecular flexibility index (Phi) is 6.13. The van der Waals surface area contributed by atoms with E-state index in [0.29, 0.717) is 0 Å². The molecule has 0 N–H and O–H groups in total. The van der Waals surface area contributed by atoms with Crippen LogP contribution in [0.1, 0.15) is 54.5 Å². The summed E-state index contributed by atoms with van der Waals surface area (Å²) in [4.78, 5) is 26.0. The standard InChI is InChI=1S/C27H21F4NO2/c1-16-7-10-19(13-17(16)2)23(27(29,30)31)12-9-18-8-11-20(24(28)14-18)15-32-25(33)21-5-3-4-6-22(21)26(32)34/h3-14,23H,15H2,1-2H3/b12-9+. The molecule has 0 radical (unpaired) electrons. The van der Waals surface area contributed by atoms with Crippen molar-refractivity contribution >= 4 is 17.9 Å². The van der Waals surface area contributed by atoms with Gasteiger partial charge < -0.3 is 0 Å². The van der Waals surface area contributed by atoms with E-state index in [1.165, 1.54) is 42.5 Å². The van der Waals surface area contributed by atoms with Gasteiger partial charge in [-0.15, -0.1) is 0 Å². The Balaban J connectivity index is 1.55. The first kappa shape index (κ1) is 23.4. The minimum absolute atomic E-state index is 0.0909. The molecule has 1 heterocycles. The highest BCUT2D eigenvalue weighted by Gasteiger charge is 2.39. The normalized spacial score (nSPS) is 14.7. The van der Waals surface area contributed by atoms with Crippen LogP contribution >= 0.6 is 0 Å². The topological polar surface area (TPSA) is 37.4 Å². The Bertz CT molecular complexity index is 1280. The van der Waals surface area contributed by atoms with Crippen molar-refractivity contribution in [2.45, 2.75) is 32.5 Å². The summed E-state index contributed by atoms with van der Waals surface area (Å²) in [5.74, 6) is -3.57. The molecule has 0 bridgehead atoms. The number of carbonyl (C=O) groups excluding carboxylic acids is 2. The first-order valence-corrected chi connectivity index (χ1v) is 10.6. The van der Waals surface area contributed by atoms with Crippen molar-refractivity contribution < 1.29 is 27.2 Å². The number of rotatable bonds is 5. The fourth-order valence-corrected chi connectivity index (χ4v) is 3.92. The molecule has 3 aromatic rings. The van der Waals surface area contributed by atoms with Gasteiger partial charge in [0.25, 0.3) is 11.8 Å². The van der Waals surface area contributed by atoms with Crippen molar-refractivity contribution in [2.24, 2.45) is 0 Å². The zero-order chi connectivity index (χ0) is 24.6. The summed E-state index contributed by atoms with van der Waals surface area (Å²) >= 11 is 0. The van der Waals surface area contributed by atoms with Gasteiger partial charge in [-0.2, -0.15) is 13.2 Å². The second kappa shape index (κ2) is 8.89. The number of hydrogen-bond acceptors (Lipinski definition) is 2. The third-order valence-corrected chi connectivity index (χ3v) is 6.01. The number of halogens is 4. The number of fused-ring (bicyclic) bond motifs is 1. The van der Waals surface area contributed by atoms with Gasteiger partial charge in [0.05, 0.1) is 23.6 Å². The van der Waals surface area contributed by atoms with E-state index < -0.39 is 29.7 Å². The maximum atomic E-state index is 14.8. The number of imide groups is 1. The molecule has 174 valence electrons. The SMILES string of the molecule is Cc1ccc(C(/C=C/c2ccc(CN3C(=O)c4ccccc4C3=O)c(F)c2)C(F)(F)F)cc1C. The van der Waals surface area contributed by atoms with Gasteiger partial charge in [-0.05, 0) is 54.3 Å². The van der Waals surface area contributed by atoms with Gasteiger partial charge in [-0.3, -0.25) is 14.5 Å². The van der Waals surface area contributed by atoms with Crippen LogP contribution in [0.2, 0.25) is 0 Å². The van der Waals surface area contributed by atoms with Gasteiger partial charge in [-0.1, -0.05) is 54.6 Å². The van der Waals surface area contributed by atoms with Crippen LogP contribution in [0.3, 0.4) is 0 Å². The van der Waals surface area contributed by atoms with E-state index in [1.807, 2.05) is 6.92 Å². The second-order valence-corrected chi connectivity index (χ2v) is 8.31. The average molecular weight is 467 g/mol. The Labute approximate surface area is 194 Å². The molecule has 3 nitrogen and oxygen atoms in total. The Morgan fingerprint density at radius 3 is 2.09 bits per heavy atom. The second-order valence-electron chi connectivity index (χ2n) is 8.31. The molecular formula is C27H21F4NO2. The molecule has 0 aromatic heterocycles. The molecule has 0 aliphatic carbocycles. The molecule has 3 aromatic carbocycles. The maximum absolute atomic E-state index is 14.8. The number of carbonyl (C=O) groups is 2. The number of alkyl halides is 3. The van der Waals surface area contributed by atoms with Gasteiger partial charge in [0.2, 0.25) is 0 Å². The zero-order valence-electron chi connectivity index (χ0n) is 18.5. The minimum atomic E-state index is -4.51. The zero-order valence-corrected chi connectivity index (χ0v) is 18.5. The molecule has 1 atom stereocenters. The molecule has 1 aliphatic rings. The molecular weight excluding hydrogens is 446 g/mol. The van der Waals surface area contributed by atoms with Gasteiger partial charge in [0, 0.05) is 5.56 Å². The van der Waals surface area contributed by atoms with E-state index in [9.17, 15) is 27.2 Å². The Morgan fingerprint density at radius 2 is 1.53 bits per heavy atom. The van der Waals surface area contributed by atoms with E-state index >= 15 is 0 Å². The van der Waals surface area contributed by atoms with E-state index in [4.69, 9.17) is 0 Å². The maximum Gasteiger partial charge on any atom is 0.399 e.